The predicted octanol–water partition coefficient (Wildman–Crippen LogP) is 8.06. The molecule has 0 bridgehead atoms. The Morgan fingerprint density at radius 1 is 0.769 bits per heavy atom. The van der Waals surface area contributed by atoms with Gasteiger partial charge in [0.05, 0.1) is 0 Å². The van der Waals surface area contributed by atoms with Gasteiger partial charge >= 0.3 is 0 Å². The Bertz CT molecular complexity index is 532. The van der Waals surface area contributed by atoms with E-state index < -0.39 is 0 Å². The molecule has 1 aromatic rings. The molecule has 0 spiro atoms. The predicted molar refractivity (Wildman–Crippen MR) is 116 cm³/mol. The number of aryl methyl sites for hydroxylation is 1. The molecular weight excluding hydrogens is 316 g/mol. The Hall–Kier alpha value is -0.980. The number of phenols is 1. The average Bonchev–Trinajstić information content (AvgIpc) is 2.60. The van der Waals surface area contributed by atoms with Crippen molar-refractivity contribution in [3.05, 3.63) is 28.8 Å². The lowest BCUT2D eigenvalue weighted by Crippen LogP contribution is -2.22. The standard InChI is InChI=1S/C25H44O/c1-8-11-12-13-14-15-16-17-20-18-21(24(4,5)6)19-22(23(20)26)25(7,9-2)10-3/h18-19,26H,8-17H2,1-7H3. The number of aromatic hydroxyl groups is 1. The van der Waals surface area contributed by atoms with E-state index in [0.717, 1.165) is 30.4 Å². The number of unbranched alkanes of at least 4 members (excludes halogenated alkanes) is 6. The van der Waals surface area contributed by atoms with Crippen LogP contribution >= 0.6 is 0 Å². The number of rotatable bonds is 11. The van der Waals surface area contributed by atoms with Crippen molar-refractivity contribution < 1.29 is 5.11 Å². The van der Waals surface area contributed by atoms with Crippen molar-refractivity contribution in [1.82, 2.24) is 0 Å². The summed E-state index contributed by atoms with van der Waals surface area (Å²) in [4.78, 5) is 0. The molecule has 0 heterocycles. The highest BCUT2D eigenvalue weighted by atomic mass is 16.3. The summed E-state index contributed by atoms with van der Waals surface area (Å²) < 4.78 is 0. The van der Waals surface area contributed by atoms with Gasteiger partial charge in [-0.25, -0.2) is 0 Å². The van der Waals surface area contributed by atoms with Crippen molar-refractivity contribution in [2.75, 3.05) is 0 Å². The van der Waals surface area contributed by atoms with Crippen LogP contribution in [0.2, 0.25) is 0 Å². The van der Waals surface area contributed by atoms with Crippen molar-refractivity contribution >= 4 is 0 Å². The third-order valence-electron chi connectivity index (χ3n) is 6.32. The van der Waals surface area contributed by atoms with Gasteiger partial charge in [-0.15, -0.1) is 0 Å². The molecule has 1 heteroatoms. The van der Waals surface area contributed by atoms with Crippen LogP contribution in [0.5, 0.6) is 5.75 Å². The Kier molecular flexibility index (Phi) is 9.21. The topological polar surface area (TPSA) is 20.2 Å². The van der Waals surface area contributed by atoms with Crippen LogP contribution in [0.1, 0.15) is 123 Å². The van der Waals surface area contributed by atoms with Gasteiger partial charge in [0.15, 0.2) is 0 Å². The molecule has 0 aliphatic rings. The third-order valence-corrected chi connectivity index (χ3v) is 6.32. The second kappa shape index (κ2) is 10.4. The Morgan fingerprint density at radius 2 is 1.31 bits per heavy atom. The summed E-state index contributed by atoms with van der Waals surface area (Å²) in [6.45, 7) is 15.9. The van der Waals surface area contributed by atoms with Crippen LogP contribution in [0.3, 0.4) is 0 Å². The highest BCUT2D eigenvalue weighted by molar-refractivity contribution is 5.49. The fourth-order valence-corrected chi connectivity index (χ4v) is 3.68. The van der Waals surface area contributed by atoms with E-state index in [0.29, 0.717) is 5.75 Å². The van der Waals surface area contributed by atoms with Gasteiger partial charge in [0.25, 0.3) is 0 Å². The first-order valence-electron chi connectivity index (χ1n) is 11.1. The van der Waals surface area contributed by atoms with Gasteiger partial charge in [-0.3, -0.25) is 0 Å². The van der Waals surface area contributed by atoms with Crippen LogP contribution in [0.25, 0.3) is 0 Å². The lowest BCUT2D eigenvalue weighted by atomic mass is 9.73. The summed E-state index contributed by atoms with van der Waals surface area (Å²) in [7, 11) is 0. The molecule has 0 atom stereocenters. The monoisotopic (exact) mass is 360 g/mol. The van der Waals surface area contributed by atoms with Crippen LogP contribution < -0.4 is 0 Å². The Balaban J connectivity index is 2.96. The maximum atomic E-state index is 11.0. The average molecular weight is 361 g/mol. The van der Waals surface area contributed by atoms with E-state index in [9.17, 15) is 5.11 Å². The minimum absolute atomic E-state index is 0.0558. The zero-order valence-corrected chi connectivity index (χ0v) is 18.7. The molecule has 0 aliphatic heterocycles. The van der Waals surface area contributed by atoms with Gasteiger partial charge in [0.2, 0.25) is 0 Å². The van der Waals surface area contributed by atoms with E-state index >= 15 is 0 Å². The van der Waals surface area contributed by atoms with Crippen molar-refractivity contribution in [3.63, 3.8) is 0 Å². The van der Waals surface area contributed by atoms with Gasteiger partial charge in [-0.2, -0.15) is 0 Å². The molecule has 1 N–H and O–H groups in total. The lowest BCUT2D eigenvalue weighted by Gasteiger charge is -2.32. The Labute approximate surface area is 163 Å². The van der Waals surface area contributed by atoms with E-state index in [1.54, 1.807) is 0 Å². The van der Waals surface area contributed by atoms with Crippen molar-refractivity contribution in [1.29, 1.82) is 0 Å². The van der Waals surface area contributed by atoms with E-state index in [1.807, 2.05) is 0 Å². The summed E-state index contributed by atoms with van der Waals surface area (Å²) in [5, 5.41) is 11.0. The SMILES string of the molecule is CCCCCCCCCc1cc(C(C)(C)C)cc(C(C)(CC)CC)c1O. The van der Waals surface area contributed by atoms with Gasteiger partial charge in [-0.05, 0) is 47.6 Å². The molecule has 0 amide bonds. The molecular formula is C25H44O. The zero-order chi connectivity index (χ0) is 19.8. The summed E-state index contributed by atoms with van der Waals surface area (Å²) >= 11 is 0. The number of benzene rings is 1. The number of hydrogen-bond acceptors (Lipinski definition) is 1. The molecule has 1 nitrogen and oxygen atoms in total. The molecule has 0 radical (unpaired) electrons. The van der Waals surface area contributed by atoms with Crippen LogP contribution in [0.15, 0.2) is 12.1 Å². The number of phenolic OH excluding ortho intramolecular Hbond substituents is 1. The molecule has 1 aromatic carbocycles. The minimum atomic E-state index is 0.0558. The minimum Gasteiger partial charge on any atom is -0.507 e. The first kappa shape index (κ1) is 23.1. The largest absolute Gasteiger partial charge is 0.507 e. The van der Waals surface area contributed by atoms with E-state index in [1.165, 1.54) is 50.5 Å². The van der Waals surface area contributed by atoms with E-state index in [2.05, 4.69) is 60.6 Å². The smallest absolute Gasteiger partial charge is 0.122 e. The van der Waals surface area contributed by atoms with Crippen molar-refractivity contribution in [2.45, 2.75) is 124 Å². The normalized spacial score (nSPS) is 12.6. The molecule has 0 aliphatic carbocycles. The summed E-state index contributed by atoms with van der Waals surface area (Å²) in [6, 6.07) is 4.54. The fourth-order valence-electron chi connectivity index (χ4n) is 3.68. The molecule has 0 aromatic heterocycles. The maximum absolute atomic E-state index is 11.0. The van der Waals surface area contributed by atoms with Gasteiger partial charge in [-0.1, -0.05) is 99.1 Å². The molecule has 0 saturated carbocycles. The molecule has 0 fully saturated rings. The van der Waals surface area contributed by atoms with Gasteiger partial charge in [0.1, 0.15) is 5.75 Å². The summed E-state index contributed by atoms with van der Waals surface area (Å²) in [5.41, 5.74) is 3.85. The van der Waals surface area contributed by atoms with Crippen molar-refractivity contribution in [2.24, 2.45) is 0 Å². The Morgan fingerprint density at radius 3 is 1.81 bits per heavy atom. The first-order valence-corrected chi connectivity index (χ1v) is 11.1. The first-order chi connectivity index (χ1) is 12.2. The van der Waals surface area contributed by atoms with Crippen LogP contribution in [0.4, 0.5) is 0 Å². The summed E-state index contributed by atoms with van der Waals surface area (Å²) in [6.07, 6.45) is 12.3. The molecule has 26 heavy (non-hydrogen) atoms. The molecule has 1 rings (SSSR count). The van der Waals surface area contributed by atoms with E-state index in [4.69, 9.17) is 0 Å². The maximum Gasteiger partial charge on any atom is 0.122 e. The van der Waals surface area contributed by atoms with Gasteiger partial charge in [0, 0.05) is 5.56 Å². The van der Waals surface area contributed by atoms with Crippen LogP contribution in [0, 0.1) is 0 Å². The zero-order valence-electron chi connectivity index (χ0n) is 18.7. The second-order valence-corrected chi connectivity index (χ2v) is 9.42. The summed E-state index contributed by atoms with van der Waals surface area (Å²) in [5.74, 6) is 0.565. The third kappa shape index (κ3) is 6.32. The van der Waals surface area contributed by atoms with E-state index in [-0.39, 0.29) is 10.8 Å². The highest BCUT2D eigenvalue weighted by Crippen LogP contribution is 2.41. The fraction of sp³-hybridized carbons (Fsp3) is 0.760. The second-order valence-electron chi connectivity index (χ2n) is 9.42. The molecule has 0 saturated heterocycles. The van der Waals surface area contributed by atoms with Crippen LogP contribution in [-0.4, -0.2) is 5.11 Å². The van der Waals surface area contributed by atoms with Crippen LogP contribution in [-0.2, 0) is 17.3 Å². The highest BCUT2D eigenvalue weighted by Gasteiger charge is 2.29. The molecule has 150 valence electrons. The van der Waals surface area contributed by atoms with Gasteiger partial charge < -0.3 is 5.11 Å². The quantitative estimate of drug-likeness (QED) is 0.396. The number of hydrogen-bond donors (Lipinski definition) is 1. The van der Waals surface area contributed by atoms with Crippen molar-refractivity contribution in [3.8, 4) is 5.75 Å². The molecule has 0 unspecified atom stereocenters. The lowest BCUT2D eigenvalue weighted by molar-refractivity contribution is 0.392.